The molecule has 1 atom stereocenters. The van der Waals surface area contributed by atoms with Gasteiger partial charge in [0.05, 0.1) is 12.2 Å². The van der Waals surface area contributed by atoms with Gasteiger partial charge in [0.25, 0.3) is 5.88 Å². The van der Waals surface area contributed by atoms with E-state index < -0.39 is 8.25 Å². The molecule has 0 radical (unpaired) electrons. The molecule has 1 aromatic heterocycles. The van der Waals surface area contributed by atoms with Gasteiger partial charge < -0.3 is 14.5 Å². The Morgan fingerprint density at radius 3 is 2.75 bits per heavy atom. The van der Waals surface area contributed by atoms with Gasteiger partial charge in [-0.3, -0.25) is 0 Å². The fourth-order valence-corrected chi connectivity index (χ4v) is 2.43. The normalized spacial score (nSPS) is 19.6. The second-order valence-corrected chi connectivity index (χ2v) is 4.67. The molecular formula is C9H15N2O4P. The van der Waals surface area contributed by atoms with Crippen LogP contribution >= 0.6 is 8.25 Å². The maximum absolute atomic E-state index is 10.5. The number of hydrogen-bond donors (Lipinski definition) is 2. The molecule has 0 bridgehead atoms. The van der Waals surface area contributed by atoms with Crippen LogP contribution in [0, 0.1) is 0 Å². The van der Waals surface area contributed by atoms with E-state index in [1.807, 2.05) is 0 Å². The predicted molar refractivity (Wildman–Crippen MR) is 57.9 cm³/mol. The molecule has 1 heterocycles. The van der Waals surface area contributed by atoms with Gasteiger partial charge in [0.1, 0.15) is 0 Å². The number of aromatic hydroxyl groups is 1. The van der Waals surface area contributed by atoms with Gasteiger partial charge in [0.15, 0.2) is 0 Å². The average molecular weight is 246 g/mol. The van der Waals surface area contributed by atoms with Crippen LogP contribution in [0.5, 0.6) is 11.6 Å². The molecular weight excluding hydrogens is 231 g/mol. The summed E-state index contributed by atoms with van der Waals surface area (Å²) < 4.78 is 16.6. The molecule has 90 valence electrons. The highest BCUT2D eigenvalue weighted by molar-refractivity contribution is 7.32. The van der Waals surface area contributed by atoms with Crippen molar-refractivity contribution in [1.82, 2.24) is 9.78 Å². The molecule has 2 N–H and O–H groups in total. The number of rotatable bonds is 3. The molecule has 1 aliphatic carbocycles. The standard InChI is InChI=1S/C9H15N2O4P/c12-9-8(15-16(13)14)6-10-11(9)7-4-2-1-3-5-7/h6-7,12,16H,1-5H2,(H,13,14). The minimum atomic E-state index is -3.09. The molecule has 0 saturated heterocycles. The molecule has 1 fully saturated rings. The molecule has 1 aliphatic rings. The number of hydrogen-bond acceptors (Lipinski definition) is 4. The Kier molecular flexibility index (Phi) is 3.51. The smallest absolute Gasteiger partial charge is 0.365 e. The van der Waals surface area contributed by atoms with Crippen molar-refractivity contribution in [3.8, 4) is 11.6 Å². The second kappa shape index (κ2) is 4.89. The SMILES string of the molecule is O=[PH](O)Oc1cnn(C2CCCCC2)c1O. The number of aromatic nitrogens is 2. The quantitative estimate of drug-likeness (QED) is 0.795. The van der Waals surface area contributed by atoms with Crippen molar-refractivity contribution in [2.45, 2.75) is 38.1 Å². The van der Waals surface area contributed by atoms with E-state index in [4.69, 9.17) is 4.89 Å². The summed E-state index contributed by atoms with van der Waals surface area (Å²) in [6, 6.07) is 0.173. The highest BCUT2D eigenvalue weighted by Gasteiger charge is 2.21. The van der Waals surface area contributed by atoms with Crippen molar-refractivity contribution < 1.29 is 19.1 Å². The van der Waals surface area contributed by atoms with E-state index in [9.17, 15) is 9.67 Å². The Labute approximate surface area is 93.8 Å². The third kappa shape index (κ3) is 2.39. The lowest BCUT2D eigenvalue weighted by atomic mass is 9.96. The third-order valence-corrected chi connectivity index (χ3v) is 3.25. The van der Waals surface area contributed by atoms with Crippen molar-refractivity contribution in [1.29, 1.82) is 0 Å². The Morgan fingerprint density at radius 1 is 1.44 bits per heavy atom. The summed E-state index contributed by atoms with van der Waals surface area (Å²) in [7, 11) is -3.09. The molecule has 6 nitrogen and oxygen atoms in total. The first-order chi connectivity index (χ1) is 7.68. The maximum Gasteiger partial charge on any atom is 0.365 e. The van der Waals surface area contributed by atoms with E-state index in [1.165, 1.54) is 17.3 Å². The van der Waals surface area contributed by atoms with Crippen LogP contribution in [0.2, 0.25) is 0 Å². The van der Waals surface area contributed by atoms with E-state index in [2.05, 4.69) is 9.62 Å². The van der Waals surface area contributed by atoms with Crippen LogP contribution in [-0.2, 0) is 4.57 Å². The molecule has 7 heteroatoms. The van der Waals surface area contributed by atoms with Crippen LogP contribution in [0.25, 0.3) is 0 Å². The Morgan fingerprint density at radius 2 is 2.12 bits per heavy atom. The lowest BCUT2D eigenvalue weighted by Gasteiger charge is -2.22. The molecule has 2 rings (SSSR count). The molecule has 0 aromatic carbocycles. The van der Waals surface area contributed by atoms with Crippen molar-refractivity contribution in [2.24, 2.45) is 0 Å². The lowest BCUT2D eigenvalue weighted by Crippen LogP contribution is -2.13. The van der Waals surface area contributed by atoms with E-state index in [0.29, 0.717) is 0 Å². The van der Waals surface area contributed by atoms with Crippen LogP contribution in [0.15, 0.2) is 6.20 Å². The zero-order chi connectivity index (χ0) is 11.5. The van der Waals surface area contributed by atoms with Crippen LogP contribution in [-0.4, -0.2) is 19.8 Å². The molecule has 16 heavy (non-hydrogen) atoms. The van der Waals surface area contributed by atoms with E-state index in [1.54, 1.807) is 0 Å². The second-order valence-electron chi connectivity index (χ2n) is 3.94. The topological polar surface area (TPSA) is 84.6 Å². The molecule has 1 unspecified atom stereocenters. The summed E-state index contributed by atoms with van der Waals surface area (Å²) in [6.07, 6.45) is 6.69. The average Bonchev–Trinajstić information content (AvgIpc) is 2.61. The van der Waals surface area contributed by atoms with Gasteiger partial charge in [0, 0.05) is 0 Å². The molecule has 1 saturated carbocycles. The summed E-state index contributed by atoms with van der Waals surface area (Å²) in [6.45, 7) is 0. The van der Waals surface area contributed by atoms with Crippen LogP contribution in [0.1, 0.15) is 38.1 Å². The maximum atomic E-state index is 10.5. The summed E-state index contributed by atoms with van der Waals surface area (Å²) in [5.74, 6) is -0.170. The lowest BCUT2D eigenvalue weighted by molar-refractivity contribution is 0.285. The minimum Gasteiger partial charge on any atom is -0.491 e. The van der Waals surface area contributed by atoms with Crippen LogP contribution in [0.3, 0.4) is 0 Å². The first-order valence-electron chi connectivity index (χ1n) is 5.35. The zero-order valence-electron chi connectivity index (χ0n) is 8.80. The fourth-order valence-electron chi connectivity index (χ4n) is 2.10. The van der Waals surface area contributed by atoms with E-state index in [0.717, 1.165) is 25.7 Å². The fraction of sp³-hybridized carbons (Fsp3) is 0.667. The summed E-state index contributed by atoms with van der Waals surface area (Å²) in [5.41, 5.74) is 0. The summed E-state index contributed by atoms with van der Waals surface area (Å²) in [5, 5.41) is 13.8. The summed E-state index contributed by atoms with van der Waals surface area (Å²) in [4.78, 5) is 8.63. The largest absolute Gasteiger partial charge is 0.491 e. The van der Waals surface area contributed by atoms with Gasteiger partial charge in [-0.05, 0) is 12.8 Å². The van der Waals surface area contributed by atoms with E-state index in [-0.39, 0.29) is 17.7 Å². The summed E-state index contributed by atoms with van der Waals surface area (Å²) >= 11 is 0. The highest BCUT2D eigenvalue weighted by Crippen LogP contribution is 2.37. The molecule has 0 amide bonds. The molecule has 0 spiro atoms. The van der Waals surface area contributed by atoms with Crippen LogP contribution < -0.4 is 4.52 Å². The first-order valence-corrected chi connectivity index (χ1v) is 6.62. The monoisotopic (exact) mass is 246 g/mol. The highest BCUT2D eigenvalue weighted by atomic mass is 31.1. The Bertz CT molecular complexity index is 387. The van der Waals surface area contributed by atoms with Gasteiger partial charge >= 0.3 is 8.25 Å². The third-order valence-electron chi connectivity index (χ3n) is 2.85. The van der Waals surface area contributed by atoms with Gasteiger partial charge in [0.2, 0.25) is 5.75 Å². The van der Waals surface area contributed by atoms with Crippen molar-refractivity contribution in [3.63, 3.8) is 0 Å². The van der Waals surface area contributed by atoms with Crippen LogP contribution in [0.4, 0.5) is 0 Å². The van der Waals surface area contributed by atoms with Gasteiger partial charge in [-0.25, -0.2) is 9.25 Å². The van der Waals surface area contributed by atoms with Crippen molar-refractivity contribution in [3.05, 3.63) is 6.20 Å². The Balaban J connectivity index is 2.15. The Hall–Kier alpha value is -1.00. The van der Waals surface area contributed by atoms with Crippen molar-refractivity contribution >= 4 is 8.25 Å². The van der Waals surface area contributed by atoms with E-state index >= 15 is 0 Å². The van der Waals surface area contributed by atoms with Gasteiger partial charge in [-0.1, -0.05) is 19.3 Å². The van der Waals surface area contributed by atoms with Gasteiger partial charge in [-0.2, -0.15) is 5.10 Å². The van der Waals surface area contributed by atoms with Crippen molar-refractivity contribution in [2.75, 3.05) is 0 Å². The first kappa shape index (κ1) is 11.5. The molecule has 1 aromatic rings. The minimum absolute atomic E-state index is 0.0167. The number of nitrogens with zero attached hydrogens (tertiary/aromatic N) is 2. The van der Waals surface area contributed by atoms with Gasteiger partial charge in [-0.15, -0.1) is 0 Å². The predicted octanol–water partition coefficient (Wildman–Crippen LogP) is 1.85. The molecule has 0 aliphatic heterocycles. The zero-order valence-corrected chi connectivity index (χ0v) is 9.80.